The van der Waals surface area contributed by atoms with Crippen molar-refractivity contribution in [1.82, 2.24) is 9.78 Å². The predicted molar refractivity (Wildman–Crippen MR) is 29.8 cm³/mol. The number of halogens is 2. The van der Waals surface area contributed by atoms with Crippen LogP contribution < -0.4 is 0 Å². The molecule has 0 aliphatic carbocycles. The van der Waals surface area contributed by atoms with Gasteiger partial charge < -0.3 is 5.11 Å². The lowest BCUT2D eigenvalue weighted by atomic mass is 10.4. The maximum Gasteiger partial charge on any atom is 0.285 e. The highest BCUT2D eigenvalue weighted by atomic mass is 19.3. The molecule has 0 aromatic carbocycles. The van der Waals surface area contributed by atoms with Gasteiger partial charge >= 0.3 is 0 Å². The smallest absolute Gasteiger partial charge is 0.285 e. The topological polar surface area (TPSA) is 38.0 Å². The number of nitrogens with zero attached hydrogens (tertiary/aromatic N) is 2. The lowest BCUT2D eigenvalue weighted by molar-refractivity contribution is 0.141. The van der Waals surface area contributed by atoms with Crippen LogP contribution in [0.1, 0.15) is 12.1 Å². The Morgan fingerprint density at radius 2 is 2.30 bits per heavy atom. The van der Waals surface area contributed by atoms with Crippen LogP contribution >= 0.6 is 0 Å². The molecule has 1 heterocycles. The van der Waals surface area contributed by atoms with Crippen LogP contribution in [0.3, 0.4) is 0 Å². The Hall–Kier alpha value is -1.13. The fourth-order valence-corrected chi connectivity index (χ4v) is 0.649. The summed E-state index contributed by atoms with van der Waals surface area (Å²) in [7, 11) is 1.46. The Morgan fingerprint density at radius 3 is 2.50 bits per heavy atom. The monoisotopic (exact) mass is 148 g/mol. The minimum Gasteiger partial charge on any atom is -0.504 e. The average Bonchev–Trinajstić information content (AvgIpc) is 2.10. The molecule has 1 rings (SSSR count). The zero-order chi connectivity index (χ0) is 7.72. The molecule has 0 bridgehead atoms. The standard InChI is InChI=1S/C5H6F2N2O/c1-9-2-3(10)4(8-9)5(6)7/h2,5,10H,1H3. The normalized spacial score (nSPS) is 10.8. The Morgan fingerprint density at radius 1 is 1.70 bits per heavy atom. The van der Waals surface area contributed by atoms with Crippen LogP contribution in [0.4, 0.5) is 8.78 Å². The second kappa shape index (κ2) is 2.24. The average molecular weight is 148 g/mol. The van der Waals surface area contributed by atoms with E-state index in [1.165, 1.54) is 7.05 Å². The molecule has 1 N–H and O–H groups in total. The first-order chi connectivity index (χ1) is 4.61. The van der Waals surface area contributed by atoms with Crippen LogP contribution in [0.2, 0.25) is 0 Å². The van der Waals surface area contributed by atoms with E-state index in [0.29, 0.717) is 0 Å². The van der Waals surface area contributed by atoms with E-state index < -0.39 is 17.9 Å². The fraction of sp³-hybridized carbons (Fsp3) is 0.400. The predicted octanol–water partition coefficient (Wildman–Crippen LogP) is 1.06. The van der Waals surface area contributed by atoms with Crippen molar-refractivity contribution in [3.63, 3.8) is 0 Å². The number of hydrogen-bond donors (Lipinski definition) is 1. The van der Waals surface area contributed by atoms with E-state index in [4.69, 9.17) is 5.11 Å². The van der Waals surface area contributed by atoms with Crippen LogP contribution in [-0.2, 0) is 7.05 Å². The van der Waals surface area contributed by atoms with Gasteiger partial charge in [-0.25, -0.2) is 8.78 Å². The van der Waals surface area contributed by atoms with Gasteiger partial charge in [-0.15, -0.1) is 0 Å². The molecular weight excluding hydrogens is 142 g/mol. The molecule has 0 saturated heterocycles. The van der Waals surface area contributed by atoms with Crippen LogP contribution in [-0.4, -0.2) is 14.9 Å². The lowest BCUT2D eigenvalue weighted by Gasteiger charge is -1.90. The second-order valence-electron chi connectivity index (χ2n) is 1.87. The maximum atomic E-state index is 11.8. The summed E-state index contributed by atoms with van der Waals surface area (Å²) in [6.07, 6.45) is -1.58. The van der Waals surface area contributed by atoms with Crippen molar-refractivity contribution in [1.29, 1.82) is 0 Å². The van der Waals surface area contributed by atoms with Crippen LogP contribution in [0.15, 0.2) is 6.20 Å². The minimum atomic E-state index is -2.71. The summed E-state index contributed by atoms with van der Waals surface area (Å²) >= 11 is 0. The van der Waals surface area contributed by atoms with E-state index in [-0.39, 0.29) is 0 Å². The van der Waals surface area contributed by atoms with Gasteiger partial charge in [0.25, 0.3) is 6.43 Å². The Bertz CT molecular complexity index is 234. The van der Waals surface area contributed by atoms with Gasteiger partial charge in [-0.05, 0) is 0 Å². The summed E-state index contributed by atoms with van der Waals surface area (Å²) in [5, 5.41) is 12.1. The summed E-state index contributed by atoms with van der Waals surface area (Å²) < 4.78 is 24.7. The first-order valence-electron chi connectivity index (χ1n) is 2.62. The second-order valence-corrected chi connectivity index (χ2v) is 1.87. The first-order valence-corrected chi connectivity index (χ1v) is 2.62. The SMILES string of the molecule is Cn1cc(O)c(C(F)F)n1. The molecule has 0 aliphatic heterocycles. The Kier molecular flexibility index (Phi) is 1.57. The van der Waals surface area contributed by atoms with Gasteiger partial charge in [0, 0.05) is 7.05 Å². The third-order valence-corrected chi connectivity index (χ3v) is 1.04. The van der Waals surface area contributed by atoms with Crippen LogP contribution in [0.5, 0.6) is 5.75 Å². The van der Waals surface area contributed by atoms with Crippen LogP contribution in [0, 0.1) is 0 Å². The Balaban J connectivity index is 3.03. The maximum absolute atomic E-state index is 11.8. The molecule has 0 amide bonds. The fourth-order valence-electron chi connectivity index (χ4n) is 0.649. The molecule has 56 valence electrons. The van der Waals surface area contributed by atoms with Crippen molar-refractivity contribution in [3.05, 3.63) is 11.9 Å². The third kappa shape index (κ3) is 1.07. The van der Waals surface area contributed by atoms with E-state index in [2.05, 4.69) is 5.10 Å². The van der Waals surface area contributed by atoms with Crippen molar-refractivity contribution in [3.8, 4) is 5.75 Å². The highest BCUT2D eigenvalue weighted by Gasteiger charge is 2.15. The minimum absolute atomic E-state index is 0.461. The number of hydrogen-bond acceptors (Lipinski definition) is 2. The zero-order valence-corrected chi connectivity index (χ0v) is 5.25. The molecule has 0 radical (unpaired) electrons. The highest BCUT2D eigenvalue weighted by molar-refractivity contribution is 5.23. The molecule has 1 aromatic rings. The van der Waals surface area contributed by atoms with E-state index >= 15 is 0 Å². The lowest BCUT2D eigenvalue weighted by Crippen LogP contribution is -1.90. The molecule has 0 fully saturated rings. The van der Waals surface area contributed by atoms with E-state index in [1.54, 1.807) is 0 Å². The molecule has 5 heteroatoms. The number of alkyl halides is 2. The van der Waals surface area contributed by atoms with Crippen LogP contribution in [0.25, 0.3) is 0 Å². The summed E-state index contributed by atoms with van der Waals surface area (Å²) in [6.45, 7) is 0. The summed E-state index contributed by atoms with van der Waals surface area (Å²) in [5.41, 5.74) is -0.567. The van der Waals surface area contributed by atoms with Gasteiger partial charge in [-0.3, -0.25) is 4.68 Å². The van der Waals surface area contributed by atoms with Crippen molar-refractivity contribution < 1.29 is 13.9 Å². The Labute approximate surface area is 55.9 Å². The van der Waals surface area contributed by atoms with Gasteiger partial charge in [0.05, 0.1) is 6.20 Å². The van der Waals surface area contributed by atoms with Gasteiger partial charge in [0.1, 0.15) is 0 Å². The molecule has 0 aliphatic rings. The highest BCUT2D eigenvalue weighted by Crippen LogP contribution is 2.25. The van der Waals surface area contributed by atoms with Gasteiger partial charge in [0.15, 0.2) is 11.4 Å². The first kappa shape index (κ1) is 6.98. The summed E-state index contributed by atoms with van der Waals surface area (Å²) in [5.74, 6) is -0.461. The van der Waals surface area contributed by atoms with E-state index in [9.17, 15) is 8.78 Å². The molecule has 10 heavy (non-hydrogen) atoms. The molecule has 3 nitrogen and oxygen atoms in total. The van der Waals surface area contributed by atoms with Crippen molar-refractivity contribution in [2.45, 2.75) is 6.43 Å². The van der Waals surface area contributed by atoms with Gasteiger partial charge in [0.2, 0.25) is 0 Å². The number of aromatic nitrogens is 2. The van der Waals surface area contributed by atoms with Crippen molar-refractivity contribution in [2.24, 2.45) is 7.05 Å². The number of aryl methyl sites for hydroxylation is 1. The molecule has 0 saturated carbocycles. The molecule has 0 atom stereocenters. The summed E-state index contributed by atoms with van der Waals surface area (Å²) in [6, 6.07) is 0. The van der Waals surface area contributed by atoms with E-state index in [0.717, 1.165) is 10.9 Å². The van der Waals surface area contributed by atoms with Gasteiger partial charge in [-0.1, -0.05) is 0 Å². The third-order valence-electron chi connectivity index (χ3n) is 1.04. The van der Waals surface area contributed by atoms with E-state index in [1.807, 2.05) is 0 Å². The quantitative estimate of drug-likeness (QED) is 0.646. The zero-order valence-electron chi connectivity index (χ0n) is 5.25. The van der Waals surface area contributed by atoms with Crippen molar-refractivity contribution >= 4 is 0 Å². The number of rotatable bonds is 1. The van der Waals surface area contributed by atoms with Gasteiger partial charge in [-0.2, -0.15) is 5.10 Å². The van der Waals surface area contributed by atoms with Crippen molar-refractivity contribution in [2.75, 3.05) is 0 Å². The molecule has 0 spiro atoms. The molecule has 1 aromatic heterocycles. The largest absolute Gasteiger partial charge is 0.504 e. The number of aromatic hydroxyl groups is 1. The summed E-state index contributed by atoms with van der Waals surface area (Å²) in [4.78, 5) is 0. The molecule has 0 unspecified atom stereocenters. The molecular formula is C5H6F2N2O.